The van der Waals surface area contributed by atoms with E-state index in [1.54, 1.807) is 27.8 Å². The summed E-state index contributed by atoms with van der Waals surface area (Å²) in [5.74, 6) is 2.12. The van der Waals surface area contributed by atoms with Crippen molar-refractivity contribution in [2.24, 2.45) is 0 Å². The van der Waals surface area contributed by atoms with Gasteiger partial charge in [0.1, 0.15) is 0 Å². The van der Waals surface area contributed by atoms with Gasteiger partial charge in [-0.15, -0.1) is 16.4 Å². The molecule has 3 aromatic heterocycles. The largest absolute Gasteiger partial charge is 0.339 e. The Labute approximate surface area is 162 Å². The first kappa shape index (κ1) is 17.2. The molecule has 0 saturated carbocycles. The first-order chi connectivity index (χ1) is 12.8. The van der Waals surface area contributed by atoms with Crippen LogP contribution in [0, 0.1) is 0 Å². The molecule has 4 rings (SSSR count). The van der Waals surface area contributed by atoms with Crippen molar-refractivity contribution < 1.29 is 4.52 Å². The molecular formula is C16H13ClN6OS2. The van der Waals surface area contributed by atoms with E-state index < -0.39 is 0 Å². The van der Waals surface area contributed by atoms with Crippen LogP contribution in [0.3, 0.4) is 0 Å². The van der Waals surface area contributed by atoms with Gasteiger partial charge >= 0.3 is 0 Å². The molecule has 0 spiro atoms. The topological polar surface area (TPSA) is 82.5 Å². The molecule has 7 nitrogen and oxygen atoms in total. The molecule has 0 aliphatic rings. The molecule has 10 heteroatoms. The molecule has 0 amide bonds. The highest BCUT2D eigenvalue weighted by Crippen LogP contribution is 2.23. The van der Waals surface area contributed by atoms with E-state index in [2.05, 4.69) is 25.7 Å². The maximum atomic E-state index is 6.04. The number of rotatable bonds is 7. The fraction of sp³-hybridized carbons (Fsp3) is 0.188. The molecule has 132 valence electrons. The number of aromatic nitrogens is 6. The lowest BCUT2D eigenvalue weighted by atomic mass is 10.3. The Morgan fingerprint density at radius 3 is 3.04 bits per heavy atom. The smallest absolute Gasteiger partial charge is 0.227 e. The van der Waals surface area contributed by atoms with E-state index >= 15 is 0 Å². The van der Waals surface area contributed by atoms with Gasteiger partial charge in [-0.05, 0) is 46.5 Å². The molecule has 0 aliphatic heterocycles. The number of hydrogen-bond donors (Lipinski definition) is 0. The Morgan fingerprint density at radius 1 is 1.23 bits per heavy atom. The number of benzene rings is 1. The fourth-order valence-electron chi connectivity index (χ4n) is 2.29. The minimum atomic E-state index is 0.642. The molecule has 26 heavy (non-hydrogen) atoms. The zero-order valence-corrected chi connectivity index (χ0v) is 15.8. The van der Waals surface area contributed by atoms with Crippen LogP contribution in [0.5, 0.6) is 0 Å². The van der Waals surface area contributed by atoms with E-state index in [1.807, 2.05) is 41.8 Å². The summed E-state index contributed by atoms with van der Waals surface area (Å²) in [6.45, 7) is 0. The highest BCUT2D eigenvalue weighted by molar-refractivity contribution is 7.99. The first-order valence-electron chi connectivity index (χ1n) is 7.83. The second kappa shape index (κ2) is 7.98. The third kappa shape index (κ3) is 3.95. The van der Waals surface area contributed by atoms with Crippen LogP contribution >= 0.6 is 34.7 Å². The van der Waals surface area contributed by atoms with Gasteiger partial charge in [-0.25, -0.2) is 0 Å². The number of nitrogens with zero attached hydrogens (tertiary/aromatic N) is 6. The first-order valence-corrected chi connectivity index (χ1v) is 10.1. The number of hydrogen-bond acceptors (Lipinski definition) is 8. The maximum absolute atomic E-state index is 6.04. The number of halogens is 1. The van der Waals surface area contributed by atoms with Gasteiger partial charge in [0.05, 0.1) is 10.6 Å². The van der Waals surface area contributed by atoms with Crippen LogP contribution in [0.4, 0.5) is 0 Å². The minimum Gasteiger partial charge on any atom is -0.339 e. The summed E-state index contributed by atoms with van der Waals surface area (Å²) in [6, 6.07) is 11.4. The molecule has 3 heterocycles. The zero-order chi connectivity index (χ0) is 17.8. The van der Waals surface area contributed by atoms with E-state index in [1.165, 1.54) is 0 Å². The quantitative estimate of drug-likeness (QED) is 0.338. The predicted molar refractivity (Wildman–Crippen MR) is 101 cm³/mol. The average molecular weight is 405 g/mol. The van der Waals surface area contributed by atoms with Crippen molar-refractivity contribution in [1.82, 2.24) is 30.3 Å². The molecule has 0 N–H and O–H groups in total. The molecule has 0 radical (unpaired) electrons. The van der Waals surface area contributed by atoms with Gasteiger partial charge in [0.15, 0.2) is 0 Å². The fourth-order valence-corrected chi connectivity index (χ4v) is 3.95. The molecular weight excluding hydrogens is 392 g/mol. The molecule has 1 aromatic carbocycles. The lowest BCUT2D eigenvalue weighted by molar-refractivity contribution is 0.378. The molecule has 0 unspecified atom stereocenters. The highest BCUT2D eigenvalue weighted by atomic mass is 35.5. The van der Waals surface area contributed by atoms with E-state index in [0.717, 1.165) is 27.9 Å². The normalized spacial score (nSPS) is 11.1. The second-order valence-electron chi connectivity index (χ2n) is 5.29. The maximum Gasteiger partial charge on any atom is 0.227 e. The molecule has 0 aliphatic carbocycles. The molecule has 4 aromatic rings. The lowest BCUT2D eigenvalue weighted by Gasteiger charge is -2.04. The number of thioether (sulfide) groups is 1. The van der Waals surface area contributed by atoms with Crippen LogP contribution in [0.15, 0.2) is 51.5 Å². The van der Waals surface area contributed by atoms with Crippen molar-refractivity contribution in [3.05, 3.63) is 52.7 Å². The lowest BCUT2D eigenvalue weighted by Crippen LogP contribution is -1.99. The van der Waals surface area contributed by atoms with Gasteiger partial charge in [-0.3, -0.25) is 0 Å². The Balaban J connectivity index is 1.33. The average Bonchev–Trinajstić information content (AvgIpc) is 3.39. The van der Waals surface area contributed by atoms with Crippen molar-refractivity contribution in [3.63, 3.8) is 0 Å². The van der Waals surface area contributed by atoms with Crippen LogP contribution in [-0.4, -0.2) is 36.1 Å². The van der Waals surface area contributed by atoms with Crippen molar-refractivity contribution in [2.75, 3.05) is 5.75 Å². The van der Waals surface area contributed by atoms with E-state index in [-0.39, 0.29) is 0 Å². The van der Waals surface area contributed by atoms with Gasteiger partial charge in [0.2, 0.25) is 16.9 Å². The summed E-state index contributed by atoms with van der Waals surface area (Å²) < 4.78 is 6.99. The number of tetrazole rings is 1. The van der Waals surface area contributed by atoms with Crippen LogP contribution in [0.2, 0.25) is 5.02 Å². The van der Waals surface area contributed by atoms with Gasteiger partial charge in [0.25, 0.3) is 0 Å². The summed E-state index contributed by atoms with van der Waals surface area (Å²) in [5, 5.41) is 19.2. The Morgan fingerprint density at radius 2 is 2.19 bits per heavy atom. The second-order valence-corrected chi connectivity index (χ2v) is 7.74. The van der Waals surface area contributed by atoms with Crippen molar-refractivity contribution in [3.8, 4) is 16.4 Å². The van der Waals surface area contributed by atoms with E-state index in [9.17, 15) is 0 Å². The third-order valence-electron chi connectivity index (χ3n) is 3.47. The Kier molecular flexibility index (Phi) is 5.28. The van der Waals surface area contributed by atoms with Crippen molar-refractivity contribution >= 4 is 34.7 Å². The highest BCUT2D eigenvalue weighted by Gasteiger charge is 2.11. The summed E-state index contributed by atoms with van der Waals surface area (Å²) in [4.78, 5) is 5.43. The summed E-state index contributed by atoms with van der Waals surface area (Å²) in [6.07, 6.45) is 1.59. The van der Waals surface area contributed by atoms with E-state index in [4.69, 9.17) is 16.1 Å². The standard InChI is InChI=1S/C16H13ClN6OS2/c17-11-4-1-5-12(10-11)23-16(19-21-22-23)26-9-3-7-14-18-15(20-24-14)13-6-2-8-25-13/h1-2,4-6,8,10H,3,7,9H2. The van der Waals surface area contributed by atoms with Crippen LogP contribution < -0.4 is 0 Å². The SMILES string of the molecule is Clc1cccc(-n2nnnc2SCCCc2nc(-c3cccs3)no2)c1. The van der Waals surface area contributed by atoms with Crippen LogP contribution in [-0.2, 0) is 6.42 Å². The summed E-state index contributed by atoms with van der Waals surface area (Å²) >= 11 is 9.20. The van der Waals surface area contributed by atoms with Crippen LogP contribution in [0.1, 0.15) is 12.3 Å². The van der Waals surface area contributed by atoms with Gasteiger partial charge in [-0.2, -0.15) is 9.67 Å². The molecule has 0 fully saturated rings. The monoisotopic (exact) mass is 404 g/mol. The van der Waals surface area contributed by atoms with Gasteiger partial charge in [0, 0.05) is 17.2 Å². The summed E-state index contributed by atoms with van der Waals surface area (Å²) in [7, 11) is 0. The zero-order valence-electron chi connectivity index (χ0n) is 13.4. The molecule has 0 saturated heterocycles. The van der Waals surface area contributed by atoms with Crippen molar-refractivity contribution in [2.45, 2.75) is 18.0 Å². The third-order valence-corrected chi connectivity index (χ3v) is 5.58. The van der Waals surface area contributed by atoms with Crippen LogP contribution in [0.25, 0.3) is 16.4 Å². The van der Waals surface area contributed by atoms with Crippen molar-refractivity contribution in [1.29, 1.82) is 0 Å². The number of aryl methyl sites for hydroxylation is 1. The summed E-state index contributed by atoms with van der Waals surface area (Å²) in [5.41, 5.74) is 0.836. The van der Waals surface area contributed by atoms with E-state index in [0.29, 0.717) is 23.2 Å². The number of thiophene rings is 1. The Bertz CT molecular complexity index is 984. The minimum absolute atomic E-state index is 0.642. The molecule has 0 bridgehead atoms. The molecule has 0 atom stereocenters. The van der Waals surface area contributed by atoms with Gasteiger partial charge in [-0.1, -0.05) is 40.7 Å². The van der Waals surface area contributed by atoms with Gasteiger partial charge < -0.3 is 4.52 Å². The Hall–Kier alpha value is -2.23. The predicted octanol–water partition coefficient (Wildman–Crippen LogP) is 4.15.